The van der Waals surface area contributed by atoms with Crippen molar-refractivity contribution in [2.45, 2.75) is 51.5 Å². The molecule has 0 aliphatic carbocycles. The lowest BCUT2D eigenvalue weighted by Crippen LogP contribution is -2.45. The van der Waals surface area contributed by atoms with Crippen molar-refractivity contribution >= 4 is 5.91 Å². The smallest absolute Gasteiger partial charge is 0.220 e. The zero-order chi connectivity index (χ0) is 16.7. The van der Waals surface area contributed by atoms with E-state index in [-0.39, 0.29) is 11.4 Å². The predicted octanol–water partition coefficient (Wildman–Crippen LogP) is 2.91. The third kappa shape index (κ3) is 5.87. The van der Waals surface area contributed by atoms with E-state index in [1.165, 1.54) is 12.8 Å². The average Bonchev–Trinajstić information content (AvgIpc) is 2.53. The molecule has 0 bridgehead atoms. The van der Waals surface area contributed by atoms with Gasteiger partial charge in [-0.05, 0) is 70.2 Å². The first-order chi connectivity index (χ1) is 11.0. The summed E-state index contributed by atoms with van der Waals surface area (Å²) in [6.07, 6.45) is 4.77. The third-order valence-electron chi connectivity index (χ3n) is 4.54. The van der Waals surface area contributed by atoms with E-state index in [4.69, 9.17) is 4.74 Å². The van der Waals surface area contributed by atoms with Crippen LogP contribution in [0.2, 0.25) is 0 Å². The number of hydrogen-bond acceptors (Lipinski definition) is 3. The van der Waals surface area contributed by atoms with Crippen molar-refractivity contribution in [1.29, 1.82) is 0 Å². The van der Waals surface area contributed by atoms with Gasteiger partial charge in [0.1, 0.15) is 5.75 Å². The Morgan fingerprint density at radius 1 is 1.30 bits per heavy atom. The van der Waals surface area contributed by atoms with Crippen molar-refractivity contribution < 1.29 is 9.53 Å². The van der Waals surface area contributed by atoms with Gasteiger partial charge in [-0.3, -0.25) is 4.79 Å². The van der Waals surface area contributed by atoms with Crippen LogP contribution >= 0.6 is 0 Å². The number of carbonyl (C=O) groups excluding carboxylic acids is 1. The summed E-state index contributed by atoms with van der Waals surface area (Å²) in [5.74, 6) is 1.73. The van der Waals surface area contributed by atoms with E-state index in [1.54, 1.807) is 7.11 Å². The Balaban J connectivity index is 1.83. The monoisotopic (exact) mass is 318 g/mol. The summed E-state index contributed by atoms with van der Waals surface area (Å²) in [6.45, 7) is 6.32. The summed E-state index contributed by atoms with van der Waals surface area (Å²) in [5, 5.41) is 6.55. The molecule has 4 nitrogen and oxygen atoms in total. The SMILES string of the molecule is COc1ccccc1CC(C)(C)NC(=O)CCC1CCNCC1. The van der Waals surface area contributed by atoms with Crippen LogP contribution in [0, 0.1) is 5.92 Å². The van der Waals surface area contributed by atoms with Gasteiger partial charge in [0.25, 0.3) is 0 Å². The molecule has 128 valence electrons. The van der Waals surface area contributed by atoms with Gasteiger partial charge in [-0.1, -0.05) is 18.2 Å². The summed E-state index contributed by atoms with van der Waals surface area (Å²) >= 11 is 0. The highest BCUT2D eigenvalue weighted by Gasteiger charge is 2.23. The van der Waals surface area contributed by atoms with Crippen LogP contribution in [0.15, 0.2) is 24.3 Å². The van der Waals surface area contributed by atoms with Crippen molar-refractivity contribution in [3.05, 3.63) is 29.8 Å². The molecule has 0 unspecified atom stereocenters. The van der Waals surface area contributed by atoms with Crippen LogP contribution in [0.4, 0.5) is 0 Å². The summed E-state index contributed by atoms with van der Waals surface area (Å²) in [4.78, 5) is 12.3. The first kappa shape index (κ1) is 17.8. The van der Waals surface area contributed by atoms with E-state index < -0.39 is 0 Å². The van der Waals surface area contributed by atoms with Gasteiger partial charge in [0.05, 0.1) is 7.11 Å². The van der Waals surface area contributed by atoms with Gasteiger partial charge in [0.15, 0.2) is 0 Å². The quantitative estimate of drug-likeness (QED) is 0.813. The number of methoxy groups -OCH3 is 1. The Labute approximate surface area is 140 Å². The third-order valence-corrected chi connectivity index (χ3v) is 4.54. The molecule has 0 atom stereocenters. The Hall–Kier alpha value is -1.55. The maximum atomic E-state index is 12.3. The maximum Gasteiger partial charge on any atom is 0.220 e. The minimum atomic E-state index is -0.278. The van der Waals surface area contributed by atoms with Crippen LogP contribution in [0.1, 0.15) is 45.1 Å². The predicted molar refractivity (Wildman–Crippen MR) is 93.7 cm³/mol. The van der Waals surface area contributed by atoms with Crippen LogP contribution in [0.25, 0.3) is 0 Å². The van der Waals surface area contributed by atoms with Gasteiger partial charge >= 0.3 is 0 Å². The highest BCUT2D eigenvalue weighted by Crippen LogP contribution is 2.23. The van der Waals surface area contributed by atoms with Crippen molar-refractivity contribution in [2.75, 3.05) is 20.2 Å². The minimum absolute atomic E-state index is 0.156. The number of benzene rings is 1. The van der Waals surface area contributed by atoms with Crippen molar-refractivity contribution in [1.82, 2.24) is 10.6 Å². The van der Waals surface area contributed by atoms with Gasteiger partial charge in [-0.15, -0.1) is 0 Å². The molecule has 0 aromatic heterocycles. The lowest BCUT2D eigenvalue weighted by molar-refractivity contribution is -0.123. The van der Waals surface area contributed by atoms with Crippen molar-refractivity contribution in [2.24, 2.45) is 5.92 Å². The van der Waals surface area contributed by atoms with Crippen molar-refractivity contribution in [3.8, 4) is 5.75 Å². The highest BCUT2D eigenvalue weighted by molar-refractivity contribution is 5.76. The van der Waals surface area contributed by atoms with Crippen LogP contribution in [0.3, 0.4) is 0 Å². The fraction of sp³-hybridized carbons (Fsp3) is 0.632. The molecular formula is C19H30N2O2. The zero-order valence-electron chi connectivity index (χ0n) is 14.7. The minimum Gasteiger partial charge on any atom is -0.496 e. The molecule has 1 amide bonds. The van der Waals surface area contributed by atoms with Crippen LogP contribution < -0.4 is 15.4 Å². The molecule has 4 heteroatoms. The fourth-order valence-corrected chi connectivity index (χ4v) is 3.31. The summed E-state index contributed by atoms with van der Waals surface area (Å²) in [6, 6.07) is 7.99. The number of carbonyl (C=O) groups is 1. The summed E-state index contributed by atoms with van der Waals surface area (Å²) < 4.78 is 5.40. The van der Waals surface area contributed by atoms with E-state index in [9.17, 15) is 4.79 Å². The first-order valence-electron chi connectivity index (χ1n) is 8.64. The standard InChI is InChI=1S/C19H30N2O2/c1-19(2,14-16-6-4-5-7-17(16)23-3)21-18(22)9-8-15-10-12-20-13-11-15/h4-7,15,20H,8-14H2,1-3H3,(H,21,22). The molecule has 1 fully saturated rings. The summed E-state index contributed by atoms with van der Waals surface area (Å²) in [5.41, 5.74) is 0.846. The number of para-hydroxylation sites is 1. The van der Waals surface area contributed by atoms with Gasteiger partial charge in [-0.2, -0.15) is 0 Å². The highest BCUT2D eigenvalue weighted by atomic mass is 16.5. The first-order valence-corrected chi connectivity index (χ1v) is 8.64. The Morgan fingerprint density at radius 3 is 2.70 bits per heavy atom. The lowest BCUT2D eigenvalue weighted by atomic mass is 9.91. The molecule has 1 aromatic carbocycles. The molecule has 1 aliphatic rings. The Morgan fingerprint density at radius 2 is 2.00 bits per heavy atom. The molecule has 1 aliphatic heterocycles. The number of piperidine rings is 1. The molecule has 2 N–H and O–H groups in total. The molecule has 0 radical (unpaired) electrons. The Bertz CT molecular complexity index is 508. The van der Waals surface area contributed by atoms with E-state index in [2.05, 4.69) is 30.5 Å². The number of rotatable bonds is 7. The van der Waals surface area contributed by atoms with E-state index in [1.807, 2.05) is 18.2 Å². The molecule has 23 heavy (non-hydrogen) atoms. The number of hydrogen-bond donors (Lipinski definition) is 2. The van der Waals surface area contributed by atoms with E-state index in [0.717, 1.165) is 37.2 Å². The molecule has 1 aromatic rings. The Kier molecular flexibility index (Phi) is 6.46. The van der Waals surface area contributed by atoms with Gasteiger partial charge < -0.3 is 15.4 Å². The molecule has 1 heterocycles. The zero-order valence-corrected chi connectivity index (χ0v) is 14.7. The molecule has 2 rings (SSSR count). The lowest BCUT2D eigenvalue weighted by Gasteiger charge is -2.28. The van der Waals surface area contributed by atoms with Gasteiger partial charge in [0, 0.05) is 12.0 Å². The summed E-state index contributed by atoms with van der Waals surface area (Å²) in [7, 11) is 1.68. The van der Waals surface area contributed by atoms with E-state index in [0.29, 0.717) is 12.3 Å². The van der Waals surface area contributed by atoms with Gasteiger partial charge in [-0.25, -0.2) is 0 Å². The number of ether oxygens (including phenoxy) is 1. The van der Waals surface area contributed by atoms with Crippen LogP contribution in [-0.2, 0) is 11.2 Å². The maximum absolute atomic E-state index is 12.3. The topological polar surface area (TPSA) is 50.4 Å². The normalized spacial score (nSPS) is 16.1. The second-order valence-corrected chi connectivity index (χ2v) is 7.15. The molecule has 0 spiro atoms. The van der Waals surface area contributed by atoms with Crippen molar-refractivity contribution in [3.63, 3.8) is 0 Å². The van der Waals surface area contributed by atoms with Crippen LogP contribution in [-0.4, -0.2) is 31.6 Å². The van der Waals surface area contributed by atoms with Gasteiger partial charge in [0.2, 0.25) is 5.91 Å². The van der Waals surface area contributed by atoms with Crippen LogP contribution in [0.5, 0.6) is 5.75 Å². The number of amides is 1. The fourth-order valence-electron chi connectivity index (χ4n) is 3.31. The second kappa shape index (κ2) is 8.34. The molecule has 1 saturated heterocycles. The molecule has 0 saturated carbocycles. The van der Waals surface area contributed by atoms with E-state index >= 15 is 0 Å². The average molecular weight is 318 g/mol. The molecular weight excluding hydrogens is 288 g/mol. The second-order valence-electron chi connectivity index (χ2n) is 7.15. The largest absolute Gasteiger partial charge is 0.496 e. The number of nitrogens with one attached hydrogen (secondary N) is 2.